The summed E-state index contributed by atoms with van der Waals surface area (Å²) in [5, 5.41) is 12.3. The first-order valence-electron chi connectivity index (χ1n) is 7.77. The zero-order valence-electron chi connectivity index (χ0n) is 13.8. The number of hydrogen-bond donors (Lipinski definition) is 2. The van der Waals surface area contributed by atoms with E-state index in [2.05, 4.69) is 5.32 Å². The molecule has 128 valence electrons. The second-order valence-corrected chi connectivity index (χ2v) is 7.25. The lowest BCUT2D eigenvalue weighted by atomic mass is 9.79. The molecule has 24 heavy (non-hydrogen) atoms. The number of carbonyl (C=O) groups is 3. The topological polar surface area (TPSA) is 95.9 Å². The maximum absolute atomic E-state index is 12.6. The van der Waals surface area contributed by atoms with E-state index in [0.717, 1.165) is 10.5 Å². The first-order chi connectivity index (χ1) is 11.1. The fourth-order valence-corrected chi connectivity index (χ4v) is 3.37. The number of carboxylic acid groups (broad SMARTS) is 1. The summed E-state index contributed by atoms with van der Waals surface area (Å²) in [7, 11) is 0. The molecule has 0 aromatic heterocycles. The lowest BCUT2D eigenvalue weighted by Gasteiger charge is -2.27. The van der Waals surface area contributed by atoms with Crippen LogP contribution in [0, 0.1) is 0 Å². The first kappa shape index (κ1) is 16.3. The van der Waals surface area contributed by atoms with Crippen LogP contribution in [0.5, 0.6) is 0 Å². The molecule has 0 bridgehead atoms. The van der Waals surface area contributed by atoms with Crippen LogP contribution >= 0.6 is 0 Å². The maximum Gasteiger partial charge on any atom is 0.411 e. The highest BCUT2D eigenvalue weighted by molar-refractivity contribution is 6.07. The number of fused-ring (bicyclic) bond motifs is 2. The Bertz CT molecular complexity index is 724. The van der Waals surface area contributed by atoms with Gasteiger partial charge < -0.3 is 15.2 Å². The van der Waals surface area contributed by atoms with Crippen molar-refractivity contribution in [3.8, 4) is 0 Å². The molecule has 2 aliphatic heterocycles. The van der Waals surface area contributed by atoms with Crippen LogP contribution < -0.4 is 5.32 Å². The third kappa shape index (κ3) is 2.50. The van der Waals surface area contributed by atoms with Gasteiger partial charge in [0.1, 0.15) is 11.6 Å². The van der Waals surface area contributed by atoms with Crippen molar-refractivity contribution in [3.63, 3.8) is 0 Å². The summed E-state index contributed by atoms with van der Waals surface area (Å²) >= 11 is 0. The van der Waals surface area contributed by atoms with E-state index >= 15 is 0 Å². The Labute approximate surface area is 139 Å². The van der Waals surface area contributed by atoms with Gasteiger partial charge in [-0.2, -0.15) is 0 Å². The normalized spacial score (nSPS) is 25.5. The molecule has 1 spiro atoms. The van der Waals surface area contributed by atoms with Crippen molar-refractivity contribution in [1.82, 2.24) is 4.90 Å². The van der Waals surface area contributed by atoms with Crippen molar-refractivity contribution in [2.45, 2.75) is 44.2 Å². The van der Waals surface area contributed by atoms with Crippen molar-refractivity contribution in [2.75, 3.05) is 11.9 Å². The number of amides is 2. The van der Waals surface area contributed by atoms with E-state index in [0.29, 0.717) is 5.69 Å². The Balaban J connectivity index is 1.98. The van der Waals surface area contributed by atoms with Gasteiger partial charge in [-0.3, -0.25) is 9.69 Å². The molecule has 7 heteroatoms. The summed E-state index contributed by atoms with van der Waals surface area (Å²) < 4.78 is 5.32. The van der Waals surface area contributed by atoms with Gasteiger partial charge in [-0.15, -0.1) is 0 Å². The van der Waals surface area contributed by atoms with Crippen molar-refractivity contribution in [1.29, 1.82) is 0 Å². The Morgan fingerprint density at radius 1 is 1.33 bits per heavy atom. The van der Waals surface area contributed by atoms with Gasteiger partial charge in [0.15, 0.2) is 0 Å². The SMILES string of the molecule is CC(C)(C)OC(=O)N1C[C@]2(C[C@@H]1C(=O)O)C(=O)Nc1ccccc12. The average Bonchev–Trinajstić information content (AvgIpc) is 2.99. The number of aliphatic carboxylic acids is 1. The number of para-hydroxylation sites is 1. The minimum absolute atomic E-state index is 0.0122. The molecule has 3 rings (SSSR count). The van der Waals surface area contributed by atoms with Crippen molar-refractivity contribution in [2.24, 2.45) is 0 Å². The molecule has 2 amide bonds. The molecule has 7 nitrogen and oxygen atoms in total. The second-order valence-electron chi connectivity index (χ2n) is 7.25. The summed E-state index contributed by atoms with van der Waals surface area (Å²) in [6.45, 7) is 5.13. The van der Waals surface area contributed by atoms with Crippen LogP contribution in [0.3, 0.4) is 0 Å². The number of ether oxygens (including phenoxy) is 1. The molecule has 0 aliphatic carbocycles. The zero-order valence-corrected chi connectivity index (χ0v) is 13.8. The minimum atomic E-state index is -1.14. The average molecular weight is 332 g/mol. The summed E-state index contributed by atoms with van der Waals surface area (Å²) in [5.74, 6) is -1.42. The predicted molar refractivity (Wildman–Crippen MR) is 85.7 cm³/mol. The van der Waals surface area contributed by atoms with Crippen LogP contribution in [0.1, 0.15) is 32.8 Å². The number of benzene rings is 1. The van der Waals surface area contributed by atoms with Gasteiger partial charge in [0.05, 0.1) is 5.41 Å². The van der Waals surface area contributed by atoms with Gasteiger partial charge in [0, 0.05) is 12.2 Å². The number of likely N-dealkylation sites (tertiary alicyclic amines) is 1. The molecular formula is C17H20N2O5. The Morgan fingerprint density at radius 3 is 2.62 bits per heavy atom. The summed E-state index contributed by atoms with van der Waals surface area (Å²) in [4.78, 5) is 37.8. The standard InChI is InChI=1S/C17H20N2O5/c1-16(2,3)24-15(23)19-9-17(8-12(19)13(20)21)10-6-4-5-7-11(10)18-14(17)22/h4-7,12H,8-9H2,1-3H3,(H,18,22)(H,20,21)/t12-,17+/m1/s1. The van der Waals surface area contributed by atoms with Gasteiger partial charge in [0.25, 0.3) is 0 Å². The Hall–Kier alpha value is -2.57. The van der Waals surface area contributed by atoms with E-state index < -0.39 is 29.1 Å². The van der Waals surface area contributed by atoms with Crippen LogP contribution in [-0.2, 0) is 19.7 Å². The number of nitrogens with zero attached hydrogens (tertiary/aromatic N) is 1. The third-order valence-corrected chi connectivity index (χ3v) is 4.40. The molecule has 0 unspecified atom stereocenters. The lowest BCUT2D eigenvalue weighted by Crippen LogP contribution is -2.44. The highest BCUT2D eigenvalue weighted by Crippen LogP contribution is 2.46. The van der Waals surface area contributed by atoms with E-state index in [1.165, 1.54) is 0 Å². The molecule has 1 aromatic rings. The molecule has 2 atom stereocenters. The molecule has 1 saturated heterocycles. The third-order valence-electron chi connectivity index (χ3n) is 4.40. The maximum atomic E-state index is 12.6. The summed E-state index contributed by atoms with van der Waals surface area (Å²) in [5.41, 5.74) is -0.396. The van der Waals surface area contributed by atoms with Gasteiger partial charge >= 0.3 is 12.1 Å². The molecule has 0 radical (unpaired) electrons. The fourth-order valence-electron chi connectivity index (χ4n) is 3.37. The molecule has 2 N–H and O–H groups in total. The fraction of sp³-hybridized carbons (Fsp3) is 0.471. The van der Waals surface area contributed by atoms with Gasteiger partial charge in [-0.1, -0.05) is 18.2 Å². The smallest absolute Gasteiger partial charge is 0.411 e. The minimum Gasteiger partial charge on any atom is -0.480 e. The number of hydrogen-bond acceptors (Lipinski definition) is 4. The molecule has 0 saturated carbocycles. The van der Waals surface area contributed by atoms with Crippen LogP contribution in [0.4, 0.5) is 10.5 Å². The van der Waals surface area contributed by atoms with Gasteiger partial charge in [0.2, 0.25) is 5.91 Å². The van der Waals surface area contributed by atoms with Crippen molar-refractivity contribution < 1.29 is 24.2 Å². The number of anilines is 1. The molecule has 2 heterocycles. The van der Waals surface area contributed by atoms with Crippen LogP contribution in [0.15, 0.2) is 24.3 Å². The molecule has 2 aliphatic rings. The summed E-state index contributed by atoms with van der Waals surface area (Å²) in [6.07, 6.45) is -0.686. The van der Waals surface area contributed by atoms with E-state index in [1.807, 2.05) is 0 Å². The zero-order chi connectivity index (χ0) is 17.7. The molecule has 1 fully saturated rings. The van der Waals surface area contributed by atoms with E-state index in [1.54, 1.807) is 45.0 Å². The Kier molecular flexibility index (Phi) is 3.55. The largest absolute Gasteiger partial charge is 0.480 e. The quantitative estimate of drug-likeness (QED) is 0.820. The second kappa shape index (κ2) is 5.22. The Morgan fingerprint density at radius 2 is 2.00 bits per heavy atom. The van der Waals surface area contributed by atoms with E-state index in [4.69, 9.17) is 4.74 Å². The number of carbonyl (C=O) groups excluding carboxylic acids is 2. The number of carboxylic acids is 1. The molecular weight excluding hydrogens is 312 g/mol. The highest BCUT2D eigenvalue weighted by Gasteiger charge is 2.58. The number of rotatable bonds is 1. The van der Waals surface area contributed by atoms with E-state index in [9.17, 15) is 19.5 Å². The number of nitrogens with one attached hydrogen (secondary N) is 1. The van der Waals surface area contributed by atoms with Crippen LogP contribution in [-0.4, -0.2) is 46.2 Å². The van der Waals surface area contributed by atoms with Crippen LogP contribution in [0.2, 0.25) is 0 Å². The first-order valence-corrected chi connectivity index (χ1v) is 7.77. The van der Waals surface area contributed by atoms with Gasteiger partial charge in [-0.25, -0.2) is 9.59 Å². The molecule has 1 aromatic carbocycles. The lowest BCUT2D eigenvalue weighted by molar-refractivity contribution is -0.142. The summed E-state index contributed by atoms with van der Waals surface area (Å²) in [6, 6.07) is 6.07. The highest BCUT2D eigenvalue weighted by atomic mass is 16.6. The van der Waals surface area contributed by atoms with Crippen molar-refractivity contribution in [3.05, 3.63) is 29.8 Å². The van der Waals surface area contributed by atoms with Crippen LogP contribution in [0.25, 0.3) is 0 Å². The van der Waals surface area contributed by atoms with Gasteiger partial charge in [-0.05, 0) is 38.8 Å². The predicted octanol–water partition coefficient (Wildman–Crippen LogP) is 1.97. The monoisotopic (exact) mass is 332 g/mol. The van der Waals surface area contributed by atoms with E-state index in [-0.39, 0.29) is 18.9 Å². The van der Waals surface area contributed by atoms with Crippen molar-refractivity contribution >= 4 is 23.7 Å².